The highest BCUT2D eigenvalue weighted by Crippen LogP contribution is 2.39. The Morgan fingerprint density at radius 1 is 1.17 bits per heavy atom. The summed E-state index contributed by atoms with van der Waals surface area (Å²) in [6.45, 7) is 1.10. The van der Waals surface area contributed by atoms with Gasteiger partial charge in [-0.15, -0.1) is 0 Å². The van der Waals surface area contributed by atoms with Gasteiger partial charge < -0.3 is 15.0 Å². The number of rotatable bonds is 6. The molecule has 1 saturated carbocycles. The van der Waals surface area contributed by atoms with Crippen LogP contribution in [0.1, 0.15) is 53.3 Å². The van der Waals surface area contributed by atoms with Crippen LogP contribution in [-0.2, 0) is 16.1 Å². The Bertz CT molecular complexity index is 901. The SMILES string of the molecule is CN(C)C(=O)c1cnc(C2CC2)nc1-c1ccc(CNC(=O)C2CCCO2)cc1. The average molecular weight is 394 g/mol. The maximum absolute atomic E-state index is 12.6. The molecule has 1 aliphatic carbocycles. The molecular formula is C22H26N4O3. The predicted octanol–water partition coefficient (Wildman–Crippen LogP) is 2.52. The van der Waals surface area contributed by atoms with Gasteiger partial charge in [-0.05, 0) is 31.2 Å². The van der Waals surface area contributed by atoms with Gasteiger partial charge in [0.2, 0.25) is 5.91 Å². The topological polar surface area (TPSA) is 84.4 Å². The molecule has 152 valence electrons. The number of benzene rings is 1. The monoisotopic (exact) mass is 394 g/mol. The van der Waals surface area contributed by atoms with Crippen molar-refractivity contribution in [3.63, 3.8) is 0 Å². The number of nitrogens with zero attached hydrogens (tertiary/aromatic N) is 3. The van der Waals surface area contributed by atoms with E-state index in [1.54, 1.807) is 20.3 Å². The summed E-state index contributed by atoms with van der Waals surface area (Å²) >= 11 is 0. The number of hydrogen-bond acceptors (Lipinski definition) is 5. The summed E-state index contributed by atoms with van der Waals surface area (Å²) in [5, 5.41) is 2.93. The van der Waals surface area contributed by atoms with E-state index in [-0.39, 0.29) is 17.9 Å². The van der Waals surface area contributed by atoms with Crippen LogP contribution in [0.3, 0.4) is 0 Å². The molecule has 2 heterocycles. The minimum Gasteiger partial charge on any atom is -0.368 e. The molecule has 2 aromatic rings. The lowest BCUT2D eigenvalue weighted by Crippen LogP contribution is -2.33. The van der Waals surface area contributed by atoms with E-state index in [1.807, 2.05) is 24.3 Å². The molecule has 0 spiro atoms. The minimum absolute atomic E-state index is 0.0599. The van der Waals surface area contributed by atoms with Gasteiger partial charge in [0.15, 0.2) is 0 Å². The molecule has 7 heteroatoms. The Morgan fingerprint density at radius 2 is 1.93 bits per heavy atom. The second-order valence-corrected chi connectivity index (χ2v) is 7.88. The van der Waals surface area contributed by atoms with Crippen molar-refractivity contribution < 1.29 is 14.3 Å². The molecule has 1 aromatic carbocycles. The first-order chi connectivity index (χ1) is 14.0. The van der Waals surface area contributed by atoms with E-state index in [0.717, 1.165) is 42.6 Å². The number of amides is 2. The van der Waals surface area contributed by atoms with Gasteiger partial charge in [0.25, 0.3) is 5.91 Å². The number of carbonyl (C=O) groups excluding carboxylic acids is 2. The number of carbonyl (C=O) groups is 2. The molecule has 1 unspecified atom stereocenters. The Labute approximate surface area is 170 Å². The van der Waals surface area contributed by atoms with Crippen molar-refractivity contribution in [1.82, 2.24) is 20.2 Å². The number of aromatic nitrogens is 2. The van der Waals surface area contributed by atoms with Crippen molar-refractivity contribution in [2.75, 3.05) is 20.7 Å². The Hall–Kier alpha value is -2.80. The number of nitrogens with one attached hydrogen (secondary N) is 1. The van der Waals surface area contributed by atoms with E-state index in [0.29, 0.717) is 30.3 Å². The van der Waals surface area contributed by atoms with Gasteiger partial charge in [0.1, 0.15) is 11.9 Å². The summed E-state index contributed by atoms with van der Waals surface area (Å²) in [7, 11) is 3.45. The van der Waals surface area contributed by atoms with Crippen LogP contribution in [0.4, 0.5) is 0 Å². The van der Waals surface area contributed by atoms with E-state index in [2.05, 4.69) is 10.3 Å². The van der Waals surface area contributed by atoms with E-state index in [9.17, 15) is 9.59 Å². The molecule has 2 aliphatic rings. The standard InChI is InChI=1S/C22H26N4O3/c1-26(2)22(28)17-13-23-20(16-9-10-16)25-19(17)15-7-5-14(6-8-15)12-24-21(27)18-4-3-11-29-18/h5-8,13,16,18H,3-4,9-12H2,1-2H3,(H,24,27). The van der Waals surface area contributed by atoms with Gasteiger partial charge in [0.05, 0.1) is 11.3 Å². The molecule has 1 aliphatic heterocycles. The molecule has 29 heavy (non-hydrogen) atoms. The van der Waals surface area contributed by atoms with Crippen LogP contribution in [0, 0.1) is 0 Å². The van der Waals surface area contributed by atoms with Crippen LogP contribution in [0.15, 0.2) is 30.5 Å². The summed E-state index contributed by atoms with van der Waals surface area (Å²) in [5.41, 5.74) is 3.01. The zero-order valence-electron chi connectivity index (χ0n) is 16.9. The van der Waals surface area contributed by atoms with Gasteiger partial charge in [-0.2, -0.15) is 0 Å². The molecule has 2 fully saturated rings. The largest absolute Gasteiger partial charge is 0.368 e. The lowest BCUT2D eigenvalue weighted by molar-refractivity contribution is -0.130. The fourth-order valence-corrected chi connectivity index (χ4v) is 3.42. The van der Waals surface area contributed by atoms with Crippen LogP contribution >= 0.6 is 0 Å². The van der Waals surface area contributed by atoms with Crippen LogP contribution in [0.2, 0.25) is 0 Å². The Morgan fingerprint density at radius 3 is 2.55 bits per heavy atom. The van der Waals surface area contributed by atoms with E-state index in [4.69, 9.17) is 9.72 Å². The fourth-order valence-electron chi connectivity index (χ4n) is 3.42. The minimum atomic E-state index is -0.323. The van der Waals surface area contributed by atoms with Crippen molar-refractivity contribution >= 4 is 11.8 Å². The normalized spacial score (nSPS) is 18.5. The van der Waals surface area contributed by atoms with Gasteiger partial charge in [0, 0.05) is 44.9 Å². The molecule has 0 bridgehead atoms. The van der Waals surface area contributed by atoms with Gasteiger partial charge in [-0.1, -0.05) is 24.3 Å². The molecule has 4 rings (SSSR count). The Kier molecular flexibility index (Phi) is 5.58. The van der Waals surface area contributed by atoms with E-state index in [1.165, 1.54) is 4.90 Å². The summed E-state index contributed by atoms with van der Waals surface area (Å²) in [5.74, 6) is 1.04. The third-order valence-electron chi connectivity index (χ3n) is 5.30. The Balaban J connectivity index is 1.52. The molecule has 1 aromatic heterocycles. The highest BCUT2D eigenvalue weighted by molar-refractivity contribution is 5.99. The predicted molar refractivity (Wildman–Crippen MR) is 108 cm³/mol. The highest BCUT2D eigenvalue weighted by atomic mass is 16.5. The average Bonchev–Trinajstić information content (AvgIpc) is 3.45. The smallest absolute Gasteiger partial charge is 0.257 e. The van der Waals surface area contributed by atoms with Gasteiger partial charge >= 0.3 is 0 Å². The van der Waals surface area contributed by atoms with Crippen molar-refractivity contribution in [3.8, 4) is 11.3 Å². The molecule has 1 atom stereocenters. The highest BCUT2D eigenvalue weighted by Gasteiger charge is 2.28. The zero-order chi connectivity index (χ0) is 20.4. The second kappa shape index (κ2) is 8.29. The van der Waals surface area contributed by atoms with Crippen molar-refractivity contribution in [2.45, 2.75) is 44.2 Å². The summed E-state index contributed by atoms with van der Waals surface area (Å²) < 4.78 is 5.41. The second-order valence-electron chi connectivity index (χ2n) is 7.88. The third-order valence-corrected chi connectivity index (χ3v) is 5.30. The summed E-state index contributed by atoms with van der Waals surface area (Å²) in [6.07, 6.45) is 5.24. The quantitative estimate of drug-likeness (QED) is 0.814. The first-order valence-corrected chi connectivity index (χ1v) is 10.1. The van der Waals surface area contributed by atoms with Crippen LogP contribution in [-0.4, -0.2) is 53.5 Å². The maximum atomic E-state index is 12.6. The first-order valence-electron chi connectivity index (χ1n) is 10.1. The molecule has 2 amide bonds. The summed E-state index contributed by atoms with van der Waals surface area (Å²) in [6, 6.07) is 7.79. The van der Waals surface area contributed by atoms with E-state index >= 15 is 0 Å². The number of ether oxygens (including phenoxy) is 1. The fraction of sp³-hybridized carbons (Fsp3) is 0.455. The lowest BCUT2D eigenvalue weighted by atomic mass is 10.0. The van der Waals surface area contributed by atoms with Gasteiger partial charge in [-0.3, -0.25) is 9.59 Å². The zero-order valence-corrected chi connectivity index (χ0v) is 16.9. The molecule has 7 nitrogen and oxygen atoms in total. The molecule has 1 N–H and O–H groups in total. The van der Waals surface area contributed by atoms with Gasteiger partial charge in [-0.25, -0.2) is 9.97 Å². The first kappa shape index (κ1) is 19.5. The number of hydrogen-bond donors (Lipinski definition) is 1. The maximum Gasteiger partial charge on any atom is 0.257 e. The van der Waals surface area contributed by atoms with Crippen LogP contribution in [0.5, 0.6) is 0 Å². The van der Waals surface area contributed by atoms with Crippen LogP contribution < -0.4 is 5.32 Å². The van der Waals surface area contributed by atoms with Crippen LogP contribution in [0.25, 0.3) is 11.3 Å². The van der Waals surface area contributed by atoms with Crippen molar-refractivity contribution in [2.24, 2.45) is 0 Å². The van der Waals surface area contributed by atoms with Crippen molar-refractivity contribution in [3.05, 3.63) is 47.4 Å². The lowest BCUT2D eigenvalue weighted by Gasteiger charge is -2.15. The molecule has 0 radical (unpaired) electrons. The van der Waals surface area contributed by atoms with Crippen molar-refractivity contribution in [1.29, 1.82) is 0 Å². The molecular weight excluding hydrogens is 368 g/mol. The summed E-state index contributed by atoms with van der Waals surface area (Å²) in [4.78, 5) is 35.4. The third kappa shape index (κ3) is 4.45. The van der Waals surface area contributed by atoms with E-state index < -0.39 is 0 Å². The molecule has 1 saturated heterocycles.